The first-order chi connectivity index (χ1) is 8.29. The Morgan fingerprint density at radius 3 is 2.61 bits per heavy atom. The van der Waals surface area contributed by atoms with Crippen LogP contribution in [0, 0.1) is 18.3 Å². The van der Waals surface area contributed by atoms with Crippen LogP contribution < -0.4 is 4.72 Å². The van der Waals surface area contributed by atoms with Crippen molar-refractivity contribution in [2.24, 2.45) is 0 Å². The summed E-state index contributed by atoms with van der Waals surface area (Å²) in [4.78, 5) is 10.4. The van der Waals surface area contributed by atoms with E-state index in [0.29, 0.717) is 5.56 Å². The zero-order valence-electron chi connectivity index (χ0n) is 9.84. The number of nitrogens with zero attached hydrogens (tertiary/aromatic N) is 1. The number of sulfonamides is 1. The van der Waals surface area contributed by atoms with Gasteiger partial charge in [-0.1, -0.05) is 12.1 Å². The van der Waals surface area contributed by atoms with Crippen LogP contribution in [0.5, 0.6) is 0 Å². The van der Waals surface area contributed by atoms with E-state index in [1.165, 1.54) is 19.1 Å². The number of aryl methyl sites for hydroxylation is 1. The van der Waals surface area contributed by atoms with Gasteiger partial charge >= 0.3 is 5.97 Å². The van der Waals surface area contributed by atoms with Gasteiger partial charge in [0.1, 0.15) is 17.0 Å². The molecule has 0 heterocycles. The molecule has 0 aliphatic heterocycles. The number of nitrogens with one attached hydrogen (secondary N) is 1. The summed E-state index contributed by atoms with van der Waals surface area (Å²) in [5.74, 6) is -1.29. The second kappa shape index (κ2) is 5.16. The predicted molar refractivity (Wildman–Crippen MR) is 63.3 cm³/mol. The zero-order chi connectivity index (χ0) is 13.9. The summed E-state index contributed by atoms with van der Waals surface area (Å²) in [5, 5.41) is 17.6. The number of aliphatic carboxylic acids is 1. The molecule has 0 bridgehead atoms. The van der Waals surface area contributed by atoms with Crippen molar-refractivity contribution >= 4 is 16.0 Å². The van der Waals surface area contributed by atoms with Crippen LogP contribution in [0.1, 0.15) is 18.1 Å². The maximum atomic E-state index is 12.0. The van der Waals surface area contributed by atoms with Crippen LogP contribution in [0.4, 0.5) is 0 Å². The summed E-state index contributed by atoms with van der Waals surface area (Å²) in [6.45, 7) is 2.82. The maximum Gasteiger partial charge on any atom is 0.321 e. The topological polar surface area (TPSA) is 107 Å². The van der Waals surface area contributed by atoms with Crippen LogP contribution in [0.15, 0.2) is 23.1 Å². The molecule has 0 spiro atoms. The van der Waals surface area contributed by atoms with Crippen molar-refractivity contribution in [3.05, 3.63) is 29.3 Å². The molecule has 0 amide bonds. The van der Waals surface area contributed by atoms with Crippen LogP contribution in [-0.2, 0) is 14.8 Å². The summed E-state index contributed by atoms with van der Waals surface area (Å²) in [7, 11) is -4.02. The zero-order valence-corrected chi connectivity index (χ0v) is 10.7. The number of hydrogen-bond acceptors (Lipinski definition) is 4. The number of nitriles is 1. The number of hydrogen-bond donors (Lipinski definition) is 2. The standard InChI is InChI=1S/C11H12N2O4S/c1-7-4-3-5-10(9(7)6-12)18(16,17)13-8(2)11(14)15/h3-5,8,13H,1-2H3,(H,14,15)/t8-/m0/s1. The summed E-state index contributed by atoms with van der Waals surface area (Å²) < 4.78 is 25.9. The van der Waals surface area contributed by atoms with Crippen molar-refractivity contribution in [1.82, 2.24) is 4.72 Å². The average molecular weight is 268 g/mol. The third kappa shape index (κ3) is 2.85. The molecule has 18 heavy (non-hydrogen) atoms. The molecule has 0 fully saturated rings. The fraction of sp³-hybridized carbons (Fsp3) is 0.273. The van der Waals surface area contributed by atoms with E-state index in [1.54, 1.807) is 19.1 Å². The Morgan fingerprint density at radius 2 is 2.11 bits per heavy atom. The lowest BCUT2D eigenvalue weighted by molar-refractivity contribution is -0.138. The predicted octanol–water partition coefficient (Wildman–Crippen LogP) is 0.618. The lowest BCUT2D eigenvalue weighted by Crippen LogP contribution is -2.38. The third-order valence-corrected chi connectivity index (χ3v) is 3.92. The van der Waals surface area contributed by atoms with Gasteiger partial charge in [-0.25, -0.2) is 8.42 Å². The molecule has 1 rings (SSSR count). The molecule has 96 valence electrons. The van der Waals surface area contributed by atoms with Crippen LogP contribution in [0.25, 0.3) is 0 Å². The number of carbonyl (C=O) groups is 1. The van der Waals surface area contributed by atoms with E-state index in [4.69, 9.17) is 10.4 Å². The van der Waals surface area contributed by atoms with Gasteiger partial charge in [0.25, 0.3) is 0 Å². The number of carboxylic acid groups (broad SMARTS) is 1. The quantitative estimate of drug-likeness (QED) is 0.832. The molecule has 6 nitrogen and oxygen atoms in total. The maximum absolute atomic E-state index is 12.0. The number of benzene rings is 1. The van der Waals surface area contributed by atoms with Gasteiger partial charge in [-0.05, 0) is 25.5 Å². The van der Waals surface area contributed by atoms with Gasteiger partial charge in [0.05, 0.1) is 5.56 Å². The molecule has 0 unspecified atom stereocenters. The largest absolute Gasteiger partial charge is 0.480 e. The van der Waals surface area contributed by atoms with Crippen LogP contribution >= 0.6 is 0 Å². The highest BCUT2D eigenvalue weighted by Gasteiger charge is 2.24. The lowest BCUT2D eigenvalue weighted by Gasteiger charge is -2.12. The van der Waals surface area contributed by atoms with Crippen LogP contribution in [-0.4, -0.2) is 25.5 Å². The minimum absolute atomic E-state index is 0.0163. The van der Waals surface area contributed by atoms with Gasteiger partial charge < -0.3 is 5.11 Å². The van der Waals surface area contributed by atoms with Gasteiger partial charge in [-0.3, -0.25) is 4.79 Å². The van der Waals surface area contributed by atoms with Crippen molar-refractivity contribution < 1.29 is 18.3 Å². The lowest BCUT2D eigenvalue weighted by atomic mass is 10.1. The van der Waals surface area contributed by atoms with Crippen molar-refractivity contribution in [2.75, 3.05) is 0 Å². The second-order valence-corrected chi connectivity index (χ2v) is 5.42. The van der Waals surface area contributed by atoms with E-state index in [0.717, 1.165) is 0 Å². The molecule has 2 N–H and O–H groups in total. The minimum Gasteiger partial charge on any atom is -0.480 e. The van der Waals surface area contributed by atoms with E-state index in [2.05, 4.69) is 0 Å². The molecule has 7 heteroatoms. The van der Waals surface area contributed by atoms with Crippen molar-refractivity contribution in [3.63, 3.8) is 0 Å². The van der Waals surface area contributed by atoms with Crippen LogP contribution in [0.3, 0.4) is 0 Å². The summed E-state index contributed by atoms with van der Waals surface area (Å²) in [6.07, 6.45) is 0. The Labute approximate surface area is 105 Å². The summed E-state index contributed by atoms with van der Waals surface area (Å²) >= 11 is 0. The SMILES string of the molecule is Cc1cccc(S(=O)(=O)N[C@@H](C)C(=O)O)c1C#N. The number of rotatable bonds is 4. The van der Waals surface area contributed by atoms with E-state index in [1.807, 2.05) is 4.72 Å². The second-order valence-electron chi connectivity index (χ2n) is 3.74. The summed E-state index contributed by atoms with van der Waals surface area (Å²) in [6, 6.07) is 4.92. The van der Waals surface area contributed by atoms with Crippen molar-refractivity contribution in [3.8, 4) is 6.07 Å². The highest BCUT2D eigenvalue weighted by Crippen LogP contribution is 2.18. The van der Waals surface area contributed by atoms with E-state index in [9.17, 15) is 13.2 Å². The van der Waals surface area contributed by atoms with Gasteiger partial charge in [0.2, 0.25) is 10.0 Å². The molecule has 0 saturated heterocycles. The first kappa shape index (κ1) is 14.2. The molecule has 1 aromatic carbocycles. The Hall–Kier alpha value is -1.91. The molecule has 0 radical (unpaired) electrons. The average Bonchev–Trinajstić information content (AvgIpc) is 2.27. The first-order valence-electron chi connectivity index (χ1n) is 5.04. The van der Waals surface area contributed by atoms with Gasteiger partial charge in [0, 0.05) is 0 Å². The van der Waals surface area contributed by atoms with Gasteiger partial charge in [0.15, 0.2) is 0 Å². The van der Waals surface area contributed by atoms with E-state index < -0.39 is 22.0 Å². The highest BCUT2D eigenvalue weighted by atomic mass is 32.2. The van der Waals surface area contributed by atoms with Crippen molar-refractivity contribution in [2.45, 2.75) is 24.8 Å². The van der Waals surface area contributed by atoms with E-state index in [-0.39, 0.29) is 10.5 Å². The molecular weight excluding hydrogens is 256 g/mol. The Balaban J connectivity index is 3.27. The van der Waals surface area contributed by atoms with Crippen LogP contribution in [0.2, 0.25) is 0 Å². The molecule has 0 aliphatic carbocycles. The van der Waals surface area contributed by atoms with Gasteiger partial charge in [-0.15, -0.1) is 0 Å². The van der Waals surface area contributed by atoms with Crippen molar-refractivity contribution in [1.29, 1.82) is 5.26 Å². The molecule has 0 aromatic heterocycles. The monoisotopic (exact) mass is 268 g/mol. The fourth-order valence-corrected chi connectivity index (χ4v) is 2.78. The molecule has 1 aromatic rings. The minimum atomic E-state index is -4.02. The summed E-state index contributed by atoms with van der Waals surface area (Å²) in [5.41, 5.74) is 0.533. The smallest absolute Gasteiger partial charge is 0.321 e. The molecule has 1 atom stereocenters. The molecule has 0 saturated carbocycles. The molecular formula is C11H12N2O4S. The highest BCUT2D eigenvalue weighted by molar-refractivity contribution is 7.89. The molecule has 0 aliphatic rings. The fourth-order valence-electron chi connectivity index (χ4n) is 1.35. The third-order valence-electron chi connectivity index (χ3n) is 2.34. The van der Waals surface area contributed by atoms with Gasteiger partial charge in [-0.2, -0.15) is 9.98 Å². The Bertz CT molecular complexity index is 616. The Kier molecular flexibility index (Phi) is 4.06. The Morgan fingerprint density at radius 1 is 1.50 bits per heavy atom. The number of carboxylic acids is 1. The normalized spacial score (nSPS) is 12.7. The van der Waals surface area contributed by atoms with E-state index >= 15 is 0 Å². The first-order valence-corrected chi connectivity index (χ1v) is 6.52.